The monoisotopic (exact) mass is 442 g/mol. The van der Waals surface area contributed by atoms with Crippen LogP contribution in [-0.2, 0) is 37.1 Å². The number of rotatable bonds is 9. The van der Waals surface area contributed by atoms with Crippen molar-refractivity contribution in [1.82, 2.24) is 0 Å². The standard InChI is InChI=1S/C27H22O6/c28-25(29)16-15-20-11-13-21(14-12-20)17-24(26(30)32-18-22-7-3-1-4-8-22)27(31)33-19-23-9-5-2-6-10-23/h1-17H,18-19H2,(H,28,29)/b16-15+. The van der Waals surface area contributed by atoms with Crippen molar-refractivity contribution in [3.63, 3.8) is 0 Å². The van der Waals surface area contributed by atoms with Crippen LogP contribution >= 0.6 is 0 Å². The Bertz CT molecular complexity index is 1090. The molecule has 6 heteroatoms. The van der Waals surface area contributed by atoms with Crippen molar-refractivity contribution in [2.45, 2.75) is 13.2 Å². The Balaban J connectivity index is 1.78. The number of carbonyl (C=O) groups is 3. The predicted octanol–water partition coefficient (Wildman–Crippen LogP) is 4.65. The maximum Gasteiger partial charge on any atom is 0.345 e. The molecule has 0 unspecified atom stereocenters. The molecular weight excluding hydrogens is 420 g/mol. The van der Waals surface area contributed by atoms with Crippen molar-refractivity contribution >= 4 is 30.1 Å². The van der Waals surface area contributed by atoms with Gasteiger partial charge in [0.1, 0.15) is 18.8 Å². The Labute approximate surface area is 191 Å². The van der Waals surface area contributed by atoms with Crippen LogP contribution in [0, 0.1) is 0 Å². The Hall–Kier alpha value is -4.45. The summed E-state index contributed by atoms with van der Waals surface area (Å²) in [5.74, 6) is -2.65. The van der Waals surface area contributed by atoms with Gasteiger partial charge in [-0.1, -0.05) is 84.9 Å². The second-order valence-electron chi connectivity index (χ2n) is 7.02. The molecule has 0 fully saturated rings. The lowest BCUT2D eigenvalue weighted by Crippen LogP contribution is -2.18. The Morgan fingerprint density at radius 1 is 0.667 bits per heavy atom. The van der Waals surface area contributed by atoms with E-state index >= 15 is 0 Å². The first-order chi connectivity index (χ1) is 16.0. The molecule has 6 nitrogen and oxygen atoms in total. The van der Waals surface area contributed by atoms with Crippen molar-refractivity contribution in [3.8, 4) is 0 Å². The lowest BCUT2D eigenvalue weighted by atomic mass is 10.1. The smallest absolute Gasteiger partial charge is 0.345 e. The normalized spacial score (nSPS) is 10.4. The average Bonchev–Trinajstić information content (AvgIpc) is 2.85. The quantitative estimate of drug-likeness (QED) is 0.224. The van der Waals surface area contributed by atoms with E-state index in [9.17, 15) is 14.4 Å². The molecular formula is C27H22O6. The zero-order valence-electron chi connectivity index (χ0n) is 17.7. The summed E-state index contributed by atoms with van der Waals surface area (Å²) in [6, 6.07) is 24.9. The molecule has 0 aromatic heterocycles. The Morgan fingerprint density at radius 3 is 1.58 bits per heavy atom. The first kappa shape index (κ1) is 23.2. The van der Waals surface area contributed by atoms with E-state index in [2.05, 4.69) is 0 Å². The van der Waals surface area contributed by atoms with Gasteiger partial charge in [-0.2, -0.15) is 0 Å². The van der Waals surface area contributed by atoms with Crippen molar-refractivity contribution in [2.75, 3.05) is 0 Å². The van der Waals surface area contributed by atoms with Crippen LogP contribution in [0.5, 0.6) is 0 Å². The van der Waals surface area contributed by atoms with Crippen LogP contribution in [0.25, 0.3) is 12.2 Å². The molecule has 3 aromatic carbocycles. The topological polar surface area (TPSA) is 89.9 Å². The van der Waals surface area contributed by atoms with Crippen molar-refractivity contribution in [2.24, 2.45) is 0 Å². The highest BCUT2D eigenvalue weighted by Crippen LogP contribution is 2.15. The zero-order valence-corrected chi connectivity index (χ0v) is 17.7. The molecule has 0 aliphatic rings. The minimum absolute atomic E-state index is 0.0158. The van der Waals surface area contributed by atoms with E-state index in [1.165, 1.54) is 12.2 Å². The highest BCUT2D eigenvalue weighted by Gasteiger charge is 2.22. The van der Waals surface area contributed by atoms with Gasteiger partial charge in [0, 0.05) is 6.08 Å². The molecule has 0 aliphatic carbocycles. The lowest BCUT2D eigenvalue weighted by molar-refractivity contribution is -0.148. The lowest BCUT2D eigenvalue weighted by Gasteiger charge is -2.10. The third-order valence-electron chi connectivity index (χ3n) is 4.53. The summed E-state index contributed by atoms with van der Waals surface area (Å²) in [4.78, 5) is 36.2. The number of carbonyl (C=O) groups excluding carboxylic acids is 2. The summed E-state index contributed by atoms with van der Waals surface area (Å²) >= 11 is 0. The molecule has 0 amide bonds. The van der Waals surface area contributed by atoms with E-state index in [1.807, 2.05) is 60.7 Å². The summed E-state index contributed by atoms with van der Waals surface area (Å²) in [5, 5.41) is 8.74. The number of carboxylic acid groups (broad SMARTS) is 1. The van der Waals surface area contributed by atoms with Crippen LogP contribution in [0.2, 0.25) is 0 Å². The van der Waals surface area contributed by atoms with E-state index < -0.39 is 17.9 Å². The highest BCUT2D eigenvalue weighted by molar-refractivity contribution is 6.17. The second-order valence-corrected chi connectivity index (χ2v) is 7.02. The fraction of sp³-hybridized carbons (Fsp3) is 0.0741. The van der Waals surface area contributed by atoms with Gasteiger partial charge in [0.2, 0.25) is 0 Å². The number of hydrogen-bond donors (Lipinski definition) is 1. The average molecular weight is 442 g/mol. The zero-order chi connectivity index (χ0) is 23.5. The highest BCUT2D eigenvalue weighted by atomic mass is 16.6. The number of ether oxygens (including phenoxy) is 2. The number of hydrogen-bond acceptors (Lipinski definition) is 5. The molecule has 0 saturated carbocycles. The summed E-state index contributed by atoms with van der Waals surface area (Å²) in [5.41, 5.74) is 2.56. The summed E-state index contributed by atoms with van der Waals surface area (Å²) in [7, 11) is 0. The third-order valence-corrected chi connectivity index (χ3v) is 4.53. The molecule has 1 N–H and O–H groups in total. The Morgan fingerprint density at radius 2 is 1.12 bits per heavy atom. The minimum Gasteiger partial charge on any atom is -0.478 e. The summed E-state index contributed by atoms with van der Waals surface area (Å²) in [6.45, 7) is 0.0315. The van der Waals surface area contributed by atoms with E-state index in [0.29, 0.717) is 11.1 Å². The van der Waals surface area contributed by atoms with Gasteiger partial charge in [0.15, 0.2) is 0 Å². The number of carboxylic acids is 1. The molecule has 166 valence electrons. The SMILES string of the molecule is O=C(O)/C=C/c1ccc(C=C(C(=O)OCc2ccccc2)C(=O)OCc2ccccc2)cc1. The minimum atomic E-state index is -1.05. The van der Waals surface area contributed by atoms with E-state index in [0.717, 1.165) is 17.2 Å². The van der Waals surface area contributed by atoms with Crippen LogP contribution in [0.15, 0.2) is 96.6 Å². The maximum atomic E-state index is 12.8. The van der Waals surface area contributed by atoms with Crippen molar-refractivity contribution in [1.29, 1.82) is 0 Å². The third kappa shape index (κ3) is 7.63. The van der Waals surface area contributed by atoms with E-state index in [1.54, 1.807) is 24.3 Å². The molecule has 0 radical (unpaired) electrons. The summed E-state index contributed by atoms with van der Waals surface area (Å²) < 4.78 is 10.7. The van der Waals surface area contributed by atoms with Crippen molar-refractivity contribution in [3.05, 3.63) is 119 Å². The molecule has 0 bridgehead atoms. The molecule has 0 spiro atoms. The van der Waals surface area contributed by atoms with Crippen LogP contribution in [0.3, 0.4) is 0 Å². The van der Waals surface area contributed by atoms with E-state index in [-0.39, 0.29) is 18.8 Å². The van der Waals surface area contributed by atoms with Gasteiger partial charge in [-0.05, 0) is 34.4 Å². The Kier molecular flexibility index (Phi) is 8.31. The van der Waals surface area contributed by atoms with Gasteiger partial charge in [0.05, 0.1) is 0 Å². The van der Waals surface area contributed by atoms with E-state index in [4.69, 9.17) is 14.6 Å². The van der Waals surface area contributed by atoms with Gasteiger partial charge in [0.25, 0.3) is 0 Å². The molecule has 0 saturated heterocycles. The molecule has 3 aromatic rings. The number of esters is 2. The summed E-state index contributed by atoms with van der Waals surface area (Å²) in [6.07, 6.45) is 3.86. The second kappa shape index (κ2) is 11.8. The number of aliphatic carboxylic acids is 1. The largest absolute Gasteiger partial charge is 0.478 e. The first-order valence-electron chi connectivity index (χ1n) is 10.2. The fourth-order valence-electron chi connectivity index (χ4n) is 2.84. The molecule has 3 rings (SSSR count). The fourth-order valence-corrected chi connectivity index (χ4v) is 2.84. The predicted molar refractivity (Wildman–Crippen MR) is 124 cm³/mol. The molecule has 0 aliphatic heterocycles. The van der Waals surface area contributed by atoms with Crippen LogP contribution in [-0.4, -0.2) is 23.0 Å². The van der Waals surface area contributed by atoms with Gasteiger partial charge in [-0.3, -0.25) is 0 Å². The number of benzene rings is 3. The maximum absolute atomic E-state index is 12.8. The van der Waals surface area contributed by atoms with Gasteiger partial charge in [-0.15, -0.1) is 0 Å². The van der Waals surface area contributed by atoms with Crippen LogP contribution in [0.4, 0.5) is 0 Å². The van der Waals surface area contributed by atoms with Crippen molar-refractivity contribution < 1.29 is 29.0 Å². The molecule has 0 atom stereocenters. The van der Waals surface area contributed by atoms with Crippen LogP contribution in [0.1, 0.15) is 22.3 Å². The molecule has 33 heavy (non-hydrogen) atoms. The van der Waals surface area contributed by atoms with Gasteiger partial charge in [-0.25, -0.2) is 14.4 Å². The molecule has 0 heterocycles. The van der Waals surface area contributed by atoms with Gasteiger partial charge >= 0.3 is 17.9 Å². The first-order valence-corrected chi connectivity index (χ1v) is 10.2. The van der Waals surface area contributed by atoms with Gasteiger partial charge < -0.3 is 14.6 Å². The van der Waals surface area contributed by atoms with Crippen LogP contribution < -0.4 is 0 Å².